The first-order valence-corrected chi connectivity index (χ1v) is 10.3. The topological polar surface area (TPSA) is 36.1 Å². The van der Waals surface area contributed by atoms with Crippen molar-refractivity contribution in [2.75, 3.05) is 5.75 Å². The Hall–Kier alpha value is -2.98. The number of para-hydroxylation sites is 1. The molecule has 0 saturated carbocycles. The van der Waals surface area contributed by atoms with Gasteiger partial charge in [0.15, 0.2) is 0 Å². The first kappa shape index (κ1) is 18.4. The number of thioether (sulfide) groups is 1. The molecule has 4 aromatic rings. The third-order valence-corrected chi connectivity index (χ3v) is 5.73. The Bertz CT molecular complexity index is 1000. The fourth-order valence-corrected chi connectivity index (χ4v) is 4.17. The molecule has 0 aliphatic heterocycles. The highest BCUT2D eigenvalue weighted by atomic mass is 32.2. The fraction of sp³-hybridized carbons (Fsp3) is 0.125. The highest BCUT2D eigenvalue weighted by Crippen LogP contribution is 2.28. The van der Waals surface area contributed by atoms with E-state index >= 15 is 0 Å². The van der Waals surface area contributed by atoms with Crippen LogP contribution >= 0.6 is 11.8 Å². The number of hydrogen-bond acceptors (Lipinski definition) is 2. The molecular formula is C24H22N2OS. The molecular weight excluding hydrogens is 364 g/mol. The van der Waals surface area contributed by atoms with Gasteiger partial charge in [0.2, 0.25) is 5.91 Å². The molecule has 0 radical (unpaired) electrons. The van der Waals surface area contributed by atoms with Crippen LogP contribution in [0.5, 0.6) is 0 Å². The largest absolute Gasteiger partial charge is 0.360 e. The maximum atomic E-state index is 13.1. The summed E-state index contributed by atoms with van der Waals surface area (Å²) >= 11 is 1.59. The molecule has 4 heteroatoms. The van der Waals surface area contributed by atoms with Crippen LogP contribution in [-0.2, 0) is 17.9 Å². The van der Waals surface area contributed by atoms with Gasteiger partial charge in [0, 0.05) is 35.1 Å². The van der Waals surface area contributed by atoms with Crippen LogP contribution in [-0.4, -0.2) is 21.5 Å². The van der Waals surface area contributed by atoms with Crippen molar-refractivity contribution in [3.63, 3.8) is 0 Å². The molecule has 3 nitrogen and oxygen atoms in total. The van der Waals surface area contributed by atoms with Crippen molar-refractivity contribution in [1.29, 1.82) is 0 Å². The van der Waals surface area contributed by atoms with E-state index in [0.29, 0.717) is 18.8 Å². The van der Waals surface area contributed by atoms with Gasteiger partial charge in [-0.3, -0.25) is 4.79 Å². The standard InChI is InChI=1S/C24H22N2OS/c27-24(18-28-23-15-25-22-14-8-7-13-21(22)23)26(16-19-9-3-1-4-10-19)17-20-11-5-2-6-12-20/h1-15,25H,16-18H2. The highest BCUT2D eigenvalue weighted by molar-refractivity contribution is 8.00. The summed E-state index contributed by atoms with van der Waals surface area (Å²) in [4.78, 5) is 19.4. The molecule has 1 heterocycles. The predicted molar refractivity (Wildman–Crippen MR) is 116 cm³/mol. The van der Waals surface area contributed by atoms with Crippen molar-refractivity contribution in [2.24, 2.45) is 0 Å². The third kappa shape index (κ3) is 4.46. The number of aromatic amines is 1. The van der Waals surface area contributed by atoms with Crippen LogP contribution < -0.4 is 0 Å². The lowest BCUT2D eigenvalue weighted by Gasteiger charge is -2.23. The molecule has 3 aromatic carbocycles. The van der Waals surface area contributed by atoms with E-state index in [1.54, 1.807) is 11.8 Å². The average molecular weight is 387 g/mol. The summed E-state index contributed by atoms with van der Waals surface area (Å²) in [5, 5.41) is 1.16. The number of carbonyl (C=O) groups excluding carboxylic acids is 1. The van der Waals surface area contributed by atoms with E-state index in [0.717, 1.165) is 26.9 Å². The van der Waals surface area contributed by atoms with E-state index in [1.807, 2.05) is 59.6 Å². The van der Waals surface area contributed by atoms with E-state index in [9.17, 15) is 4.79 Å². The van der Waals surface area contributed by atoms with Crippen molar-refractivity contribution in [3.8, 4) is 0 Å². The SMILES string of the molecule is O=C(CSc1c[nH]c2ccccc12)N(Cc1ccccc1)Cc1ccccc1. The lowest BCUT2D eigenvalue weighted by Crippen LogP contribution is -2.31. The van der Waals surface area contributed by atoms with Crippen LogP contribution in [0, 0.1) is 0 Å². The Morgan fingerprint density at radius 2 is 1.36 bits per heavy atom. The van der Waals surface area contributed by atoms with Crippen molar-refractivity contribution in [1.82, 2.24) is 9.88 Å². The maximum Gasteiger partial charge on any atom is 0.233 e. The van der Waals surface area contributed by atoms with Crippen LogP contribution in [0.4, 0.5) is 0 Å². The Morgan fingerprint density at radius 3 is 2.00 bits per heavy atom. The Labute approximate surface area is 169 Å². The minimum Gasteiger partial charge on any atom is -0.360 e. The molecule has 28 heavy (non-hydrogen) atoms. The van der Waals surface area contributed by atoms with Gasteiger partial charge in [-0.2, -0.15) is 0 Å². The number of H-pyrrole nitrogens is 1. The lowest BCUT2D eigenvalue weighted by atomic mass is 10.1. The number of nitrogens with zero attached hydrogens (tertiary/aromatic N) is 1. The maximum absolute atomic E-state index is 13.1. The zero-order valence-electron chi connectivity index (χ0n) is 15.5. The quantitative estimate of drug-likeness (QED) is 0.426. The highest BCUT2D eigenvalue weighted by Gasteiger charge is 2.16. The van der Waals surface area contributed by atoms with E-state index in [4.69, 9.17) is 0 Å². The summed E-state index contributed by atoms with van der Waals surface area (Å²) in [6.07, 6.45) is 1.99. The van der Waals surface area contributed by atoms with E-state index < -0.39 is 0 Å². The van der Waals surface area contributed by atoms with Crippen molar-refractivity contribution >= 4 is 28.6 Å². The van der Waals surface area contributed by atoms with Crippen LogP contribution in [0.1, 0.15) is 11.1 Å². The van der Waals surface area contributed by atoms with Gasteiger partial charge in [0.05, 0.1) is 5.75 Å². The lowest BCUT2D eigenvalue weighted by molar-refractivity contribution is -0.129. The molecule has 0 aliphatic rings. The minimum atomic E-state index is 0.142. The number of rotatable bonds is 7. The van der Waals surface area contributed by atoms with E-state index in [-0.39, 0.29) is 5.91 Å². The number of benzene rings is 3. The first-order valence-electron chi connectivity index (χ1n) is 9.34. The zero-order valence-corrected chi connectivity index (χ0v) is 16.4. The monoisotopic (exact) mass is 386 g/mol. The summed E-state index contributed by atoms with van der Waals surface area (Å²) < 4.78 is 0. The summed E-state index contributed by atoms with van der Waals surface area (Å²) in [6, 6.07) is 28.5. The Balaban J connectivity index is 1.48. The molecule has 140 valence electrons. The minimum absolute atomic E-state index is 0.142. The van der Waals surface area contributed by atoms with Crippen LogP contribution in [0.25, 0.3) is 10.9 Å². The normalized spacial score (nSPS) is 10.9. The number of aromatic nitrogens is 1. The summed E-state index contributed by atoms with van der Waals surface area (Å²) in [6.45, 7) is 1.23. The van der Waals surface area contributed by atoms with Gasteiger partial charge >= 0.3 is 0 Å². The second-order valence-electron chi connectivity index (χ2n) is 6.71. The van der Waals surface area contributed by atoms with Crippen molar-refractivity contribution in [3.05, 3.63) is 102 Å². The number of hydrogen-bond donors (Lipinski definition) is 1. The fourth-order valence-electron chi connectivity index (χ4n) is 3.23. The molecule has 1 N–H and O–H groups in total. The number of nitrogens with one attached hydrogen (secondary N) is 1. The van der Waals surface area contributed by atoms with E-state index in [2.05, 4.69) is 41.4 Å². The van der Waals surface area contributed by atoms with Crippen LogP contribution in [0.3, 0.4) is 0 Å². The van der Waals surface area contributed by atoms with Gasteiger partial charge in [-0.15, -0.1) is 11.8 Å². The smallest absolute Gasteiger partial charge is 0.233 e. The molecule has 0 spiro atoms. The molecule has 0 saturated heterocycles. The summed E-state index contributed by atoms with van der Waals surface area (Å²) in [5.74, 6) is 0.560. The predicted octanol–water partition coefficient (Wildman–Crippen LogP) is 5.49. The third-order valence-electron chi connectivity index (χ3n) is 4.69. The van der Waals surface area contributed by atoms with Crippen molar-refractivity contribution < 1.29 is 4.79 Å². The molecule has 0 atom stereocenters. The second kappa shape index (κ2) is 8.81. The molecule has 0 unspecified atom stereocenters. The number of amides is 1. The molecule has 0 bridgehead atoms. The molecule has 1 amide bonds. The second-order valence-corrected chi connectivity index (χ2v) is 7.73. The molecule has 4 rings (SSSR count). The van der Waals surface area contributed by atoms with Gasteiger partial charge in [-0.1, -0.05) is 78.9 Å². The Morgan fingerprint density at radius 1 is 0.786 bits per heavy atom. The number of fused-ring (bicyclic) bond motifs is 1. The van der Waals surface area contributed by atoms with Gasteiger partial charge in [0.25, 0.3) is 0 Å². The molecule has 1 aromatic heterocycles. The molecule has 0 aliphatic carbocycles. The summed E-state index contributed by atoms with van der Waals surface area (Å²) in [5.41, 5.74) is 3.38. The zero-order chi connectivity index (χ0) is 19.2. The average Bonchev–Trinajstić information content (AvgIpc) is 3.16. The van der Waals surface area contributed by atoms with Gasteiger partial charge in [-0.05, 0) is 17.2 Å². The van der Waals surface area contributed by atoms with Crippen molar-refractivity contribution in [2.45, 2.75) is 18.0 Å². The van der Waals surface area contributed by atoms with E-state index in [1.165, 1.54) is 0 Å². The summed E-state index contributed by atoms with van der Waals surface area (Å²) in [7, 11) is 0. The van der Waals surface area contributed by atoms with Crippen LogP contribution in [0.15, 0.2) is 96.0 Å². The van der Waals surface area contributed by atoms with Crippen LogP contribution in [0.2, 0.25) is 0 Å². The van der Waals surface area contributed by atoms with Gasteiger partial charge in [-0.25, -0.2) is 0 Å². The Kier molecular flexibility index (Phi) is 5.78. The van der Waals surface area contributed by atoms with Gasteiger partial charge in [0.1, 0.15) is 0 Å². The van der Waals surface area contributed by atoms with Gasteiger partial charge < -0.3 is 9.88 Å². The molecule has 0 fully saturated rings. The number of carbonyl (C=O) groups is 1. The first-order chi connectivity index (χ1) is 13.8.